The van der Waals surface area contributed by atoms with Gasteiger partial charge in [-0.2, -0.15) is 11.3 Å². The van der Waals surface area contributed by atoms with Crippen LogP contribution < -0.4 is 10.6 Å². The Morgan fingerprint density at radius 1 is 1.25 bits per heavy atom. The van der Waals surface area contributed by atoms with Gasteiger partial charge in [0.05, 0.1) is 0 Å². The maximum atomic E-state index is 11.3. The molecule has 0 spiro atoms. The number of nitrogens with one attached hydrogen (secondary N) is 2. The summed E-state index contributed by atoms with van der Waals surface area (Å²) in [7, 11) is 0. The van der Waals surface area contributed by atoms with E-state index < -0.39 is 11.8 Å². The fourth-order valence-electron chi connectivity index (χ4n) is 1.15. The highest BCUT2D eigenvalue weighted by Gasteiger charge is 2.10. The Hall–Kier alpha value is -1.36. The molecule has 0 aliphatic carbocycles. The van der Waals surface area contributed by atoms with Gasteiger partial charge in [-0.3, -0.25) is 9.59 Å². The fourth-order valence-corrected chi connectivity index (χ4v) is 1.86. The standard InChI is InChI=1S/C11H16N2O2S/c1-2-5-12-10(14)11(15)13-6-3-9-4-7-16-8-9/h4,7-8H,2-3,5-6H2,1H3,(H,12,14)(H,13,15). The minimum atomic E-state index is -0.552. The highest BCUT2D eigenvalue weighted by atomic mass is 32.1. The topological polar surface area (TPSA) is 58.2 Å². The van der Waals surface area contributed by atoms with Crippen LogP contribution in [-0.2, 0) is 16.0 Å². The van der Waals surface area contributed by atoms with Crippen LogP contribution >= 0.6 is 11.3 Å². The van der Waals surface area contributed by atoms with Gasteiger partial charge in [-0.1, -0.05) is 6.92 Å². The van der Waals surface area contributed by atoms with Crippen molar-refractivity contribution in [3.05, 3.63) is 22.4 Å². The van der Waals surface area contributed by atoms with Crippen LogP contribution in [0.5, 0.6) is 0 Å². The zero-order valence-electron chi connectivity index (χ0n) is 9.29. The lowest BCUT2D eigenvalue weighted by Crippen LogP contribution is -2.40. The van der Waals surface area contributed by atoms with Gasteiger partial charge in [-0.25, -0.2) is 0 Å². The maximum Gasteiger partial charge on any atom is 0.309 e. The average molecular weight is 240 g/mol. The molecular weight excluding hydrogens is 224 g/mol. The summed E-state index contributed by atoms with van der Waals surface area (Å²) in [5.74, 6) is -1.10. The van der Waals surface area contributed by atoms with Crippen molar-refractivity contribution in [2.24, 2.45) is 0 Å². The van der Waals surface area contributed by atoms with Gasteiger partial charge in [-0.05, 0) is 35.2 Å². The predicted octanol–water partition coefficient (Wildman–Crippen LogP) is 0.933. The van der Waals surface area contributed by atoms with E-state index in [1.165, 1.54) is 5.56 Å². The van der Waals surface area contributed by atoms with E-state index in [1.54, 1.807) is 11.3 Å². The summed E-state index contributed by atoms with van der Waals surface area (Å²) in [6, 6.07) is 2.01. The smallest absolute Gasteiger partial charge is 0.309 e. The van der Waals surface area contributed by atoms with Gasteiger partial charge in [0, 0.05) is 13.1 Å². The molecule has 16 heavy (non-hydrogen) atoms. The van der Waals surface area contributed by atoms with Crippen LogP contribution in [0.15, 0.2) is 16.8 Å². The largest absolute Gasteiger partial charge is 0.348 e. The molecule has 0 bridgehead atoms. The molecule has 2 amide bonds. The normalized spacial score (nSPS) is 9.81. The molecule has 0 saturated heterocycles. The van der Waals surface area contributed by atoms with Crippen LogP contribution in [-0.4, -0.2) is 24.9 Å². The molecule has 0 unspecified atom stereocenters. The second kappa shape index (κ2) is 7.00. The SMILES string of the molecule is CCCNC(=O)C(=O)NCCc1ccsc1. The first-order valence-electron chi connectivity index (χ1n) is 5.31. The summed E-state index contributed by atoms with van der Waals surface area (Å²) in [6.07, 6.45) is 1.59. The summed E-state index contributed by atoms with van der Waals surface area (Å²) in [5, 5.41) is 9.13. The zero-order chi connectivity index (χ0) is 11.8. The predicted molar refractivity (Wildman–Crippen MR) is 64.3 cm³/mol. The van der Waals surface area contributed by atoms with Gasteiger partial charge in [0.1, 0.15) is 0 Å². The Labute approximate surface area is 99.0 Å². The molecule has 0 aromatic carbocycles. The third kappa shape index (κ3) is 4.44. The van der Waals surface area contributed by atoms with E-state index in [2.05, 4.69) is 10.6 Å². The molecule has 1 aromatic rings. The molecule has 0 saturated carbocycles. The van der Waals surface area contributed by atoms with Gasteiger partial charge in [0.25, 0.3) is 0 Å². The van der Waals surface area contributed by atoms with E-state index >= 15 is 0 Å². The van der Waals surface area contributed by atoms with Gasteiger partial charge in [0.15, 0.2) is 0 Å². The summed E-state index contributed by atoms with van der Waals surface area (Å²) in [5.41, 5.74) is 1.18. The molecule has 88 valence electrons. The van der Waals surface area contributed by atoms with Crippen molar-refractivity contribution in [3.8, 4) is 0 Å². The highest BCUT2D eigenvalue weighted by Crippen LogP contribution is 2.05. The first-order chi connectivity index (χ1) is 7.74. The maximum absolute atomic E-state index is 11.3. The molecule has 0 aliphatic rings. The molecule has 1 aromatic heterocycles. The lowest BCUT2D eigenvalue weighted by Gasteiger charge is -2.04. The van der Waals surface area contributed by atoms with Crippen molar-refractivity contribution in [2.75, 3.05) is 13.1 Å². The first-order valence-corrected chi connectivity index (χ1v) is 6.25. The van der Waals surface area contributed by atoms with E-state index in [4.69, 9.17) is 0 Å². The summed E-state index contributed by atoms with van der Waals surface area (Å²) >= 11 is 1.62. The molecular formula is C11H16N2O2S. The average Bonchev–Trinajstić information content (AvgIpc) is 2.78. The summed E-state index contributed by atoms with van der Waals surface area (Å²) in [4.78, 5) is 22.4. The Balaban J connectivity index is 2.17. The fraction of sp³-hybridized carbons (Fsp3) is 0.455. The Morgan fingerprint density at radius 2 is 1.94 bits per heavy atom. The van der Waals surface area contributed by atoms with Crippen LogP contribution in [0, 0.1) is 0 Å². The van der Waals surface area contributed by atoms with Gasteiger partial charge in [0.2, 0.25) is 0 Å². The summed E-state index contributed by atoms with van der Waals surface area (Å²) in [6.45, 7) is 2.97. The molecule has 1 heterocycles. The van der Waals surface area contributed by atoms with E-state index in [-0.39, 0.29) is 0 Å². The molecule has 0 atom stereocenters. The number of hydrogen-bond acceptors (Lipinski definition) is 3. The monoisotopic (exact) mass is 240 g/mol. The Bertz CT molecular complexity index is 336. The van der Waals surface area contributed by atoms with Crippen molar-refractivity contribution in [1.29, 1.82) is 0 Å². The van der Waals surface area contributed by atoms with Crippen molar-refractivity contribution < 1.29 is 9.59 Å². The molecule has 4 nitrogen and oxygen atoms in total. The second-order valence-electron chi connectivity index (χ2n) is 3.39. The highest BCUT2D eigenvalue weighted by molar-refractivity contribution is 7.07. The Morgan fingerprint density at radius 3 is 2.50 bits per heavy atom. The van der Waals surface area contributed by atoms with Crippen LogP contribution in [0.2, 0.25) is 0 Å². The molecule has 5 heteroatoms. The van der Waals surface area contributed by atoms with E-state index in [9.17, 15) is 9.59 Å². The van der Waals surface area contributed by atoms with Crippen LogP contribution in [0.1, 0.15) is 18.9 Å². The molecule has 0 radical (unpaired) electrons. The van der Waals surface area contributed by atoms with Gasteiger partial charge >= 0.3 is 11.8 Å². The van der Waals surface area contributed by atoms with Crippen LogP contribution in [0.25, 0.3) is 0 Å². The van der Waals surface area contributed by atoms with E-state index in [1.807, 2.05) is 23.8 Å². The van der Waals surface area contributed by atoms with Crippen molar-refractivity contribution in [1.82, 2.24) is 10.6 Å². The van der Waals surface area contributed by atoms with Crippen molar-refractivity contribution >= 4 is 23.2 Å². The quantitative estimate of drug-likeness (QED) is 0.752. The minimum Gasteiger partial charge on any atom is -0.348 e. The van der Waals surface area contributed by atoms with Gasteiger partial charge in [-0.15, -0.1) is 0 Å². The molecule has 0 fully saturated rings. The number of carbonyl (C=O) groups excluding carboxylic acids is 2. The molecule has 0 aliphatic heterocycles. The lowest BCUT2D eigenvalue weighted by molar-refractivity contribution is -0.139. The van der Waals surface area contributed by atoms with Crippen molar-refractivity contribution in [2.45, 2.75) is 19.8 Å². The molecule has 2 N–H and O–H groups in total. The first kappa shape index (κ1) is 12.7. The second-order valence-corrected chi connectivity index (χ2v) is 4.17. The molecule has 1 rings (SSSR count). The zero-order valence-corrected chi connectivity index (χ0v) is 10.1. The van der Waals surface area contributed by atoms with Gasteiger partial charge < -0.3 is 10.6 Å². The number of rotatable bonds is 5. The minimum absolute atomic E-state index is 0.495. The number of amides is 2. The Kier molecular flexibility index (Phi) is 5.56. The lowest BCUT2D eigenvalue weighted by atomic mass is 10.2. The third-order valence-electron chi connectivity index (χ3n) is 2.02. The number of thiophene rings is 1. The van der Waals surface area contributed by atoms with E-state index in [0.29, 0.717) is 13.1 Å². The number of hydrogen-bond donors (Lipinski definition) is 2. The number of carbonyl (C=O) groups is 2. The summed E-state index contributed by atoms with van der Waals surface area (Å²) < 4.78 is 0. The van der Waals surface area contributed by atoms with Crippen LogP contribution in [0.4, 0.5) is 0 Å². The van der Waals surface area contributed by atoms with E-state index in [0.717, 1.165) is 12.8 Å². The third-order valence-corrected chi connectivity index (χ3v) is 2.75. The van der Waals surface area contributed by atoms with Crippen molar-refractivity contribution in [3.63, 3.8) is 0 Å². The van der Waals surface area contributed by atoms with Crippen LogP contribution in [0.3, 0.4) is 0 Å².